The minimum absolute atomic E-state index is 0.217. The van der Waals surface area contributed by atoms with Crippen LogP contribution in [0.4, 0.5) is 4.39 Å². The van der Waals surface area contributed by atoms with Gasteiger partial charge in [0.1, 0.15) is 5.82 Å². The van der Waals surface area contributed by atoms with Crippen molar-refractivity contribution in [2.45, 2.75) is 26.2 Å². The molecule has 0 aromatic heterocycles. The molecule has 0 aliphatic rings. The molecule has 1 nitrogen and oxygen atoms in total. The average molecular weight is 177 g/mol. The fraction of sp³-hybridized carbons (Fsp3) is 0.364. The topological polar surface area (TPSA) is 23.8 Å². The molecular formula is C11H12FN. The molecule has 0 heterocycles. The van der Waals surface area contributed by atoms with Gasteiger partial charge in [-0.2, -0.15) is 5.26 Å². The van der Waals surface area contributed by atoms with Gasteiger partial charge in [-0.05, 0) is 36.1 Å². The van der Waals surface area contributed by atoms with E-state index in [1.165, 1.54) is 12.1 Å². The molecule has 13 heavy (non-hydrogen) atoms. The number of aryl methyl sites for hydroxylation is 2. The highest BCUT2D eigenvalue weighted by atomic mass is 19.1. The highest BCUT2D eigenvalue weighted by Crippen LogP contribution is 2.13. The van der Waals surface area contributed by atoms with Gasteiger partial charge in [0.05, 0.1) is 6.07 Å². The van der Waals surface area contributed by atoms with Gasteiger partial charge in [0, 0.05) is 6.42 Å². The number of nitrogens with zero attached hydrogens (tertiary/aromatic N) is 1. The SMILES string of the molecule is CCc1ccc(F)cc1CCC#N. The number of hydrogen-bond acceptors (Lipinski definition) is 1. The molecule has 0 unspecified atom stereocenters. The van der Waals surface area contributed by atoms with Crippen molar-refractivity contribution in [1.82, 2.24) is 0 Å². The van der Waals surface area contributed by atoms with E-state index in [-0.39, 0.29) is 5.82 Å². The summed E-state index contributed by atoms with van der Waals surface area (Å²) >= 11 is 0. The molecular weight excluding hydrogens is 165 g/mol. The molecule has 0 aliphatic carbocycles. The number of nitriles is 1. The number of hydrogen-bond donors (Lipinski definition) is 0. The Morgan fingerprint density at radius 1 is 1.38 bits per heavy atom. The lowest BCUT2D eigenvalue weighted by molar-refractivity contribution is 0.624. The van der Waals surface area contributed by atoms with Crippen LogP contribution in [0.2, 0.25) is 0 Å². The first-order chi connectivity index (χ1) is 6.27. The number of halogens is 1. The largest absolute Gasteiger partial charge is 0.207 e. The summed E-state index contributed by atoms with van der Waals surface area (Å²) < 4.78 is 12.8. The van der Waals surface area contributed by atoms with E-state index in [0.29, 0.717) is 12.8 Å². The second-order valence-corrected chi connectivity index (χ2v) is 2.92. The van der Waals surface area contributed by atoms with Crippen LogP contribution in [0.1, 0.15) is 24.5 Å². The Labute approximate surface area is 77.8 Å². The number of rotatable bonds is 3. The van der Waals surface area contributed by atoms with Crippen LogP contribution in [0, 0.1) is 17.1 Å². The standard InChI is InChI=1S/C11H12FN/c1-2-9-5-6-11(12)8-10(9)4-3-7-13/h5-6,8H,2-4H2,1H3. The van der Waals surface area contributed by atoms with E-state index in [9.17, 15) is 4.39 Å². The molecule has 1 rings (SSSR count). The smallest absolute Gasteiger partial charge is 0.123 e. The Balaban J connectivity index is 2.89. The van der Waals surface area contributed by atoms with Crippen LogP contribution in [-0.4, -0.2) is 0 Å². The fourth-order valence-corrected chi connectivity index (χ4v) is 1.36. The highest BCUT2D eigenvalue weighted by Gasteiger charge is 2.01. The number of benzene rings is 1. The quantitative estimate of drug-likeness (QED) is 0.696. The Kier molecular flexibility index (Phi) is 3.45. The predicted octanol–water partition coefficient (Wildman–Crippen LogP) is 2.84. The lowest BCUT2D eigenvalue weighted by atomic mass is 10.0. The van der Waals surface area contributed by atoms with Gasteiger partial charge >= 0.3 is 0 Å². The van der Waals surface area contributed by atoms with Crippen LogP contribution >= 0.6 is 0 Å². The van der Waals surface area contributed by atoms with Crippen molar-refractivity contribution in [2.75, 3.05) is 0 Å². The Morgan fingerprint density at radius 3 is 2.77 bits per heavy atom. The molecule has 0 saturated carbocycles. The first-order valence-electron chi connectivity index (χ1n) is 4.42. The van der Waals surface area contributed by atoms with Gasteiger partial charge in [0.2, 0.25) is 0 Å². The third kappa shape index (κ3) is 2.55. The lowest BCUT2D eigenvalue weighted by Crippen LogP contribution is -1.93. The summed E-state index contributed by atoms with van der Waals surface area (Å²) in [6.45, 7) is 2.03. The van der Waals surface area contributed by atoms with Crippen LogP contribution in [0.15, 0.2) is 18.2 Å². The molecule has 0 N–H and O–H groups in total. The van der Waals surface area contributed by atoms with E-state index < -0.39 is 0 Å². The normalized spacial score (nSPS) is 9.62. The first kappa shape index (κ1) is 9.73. The summed E-state index contributed by atoms with van der Waals surface area (Å²) in [6, 6.07) is 6.85. The average Bonchev–Trinajstić information content (AvgIpc) is 2.15. The molecule has 0 amide bonds. The van der Waals surface area contributed by atoms with Crippen molar-refractivity contribution in [3.63, 3.8) is 0 Å². The van der Waals surface area contributed by atoms with E-state index >= 15 is 0 Å². The summed E-state index contributed by atoms with van der Waals surface area (Å²) in [5, 5.41) is 8.42. The monoisotopic (exact) mass is 177 g/mol. The van der Waals surface area contributed by atoms with Gasteiger partial charge in [-0.3, -0.25) is 0 Å². The molecule has 0 bridgehead atoms. The van der Waals surface area contributed by atoms with Crippen molar-refractivity contribution >= 4 is 0 Å². The molecule has 68 valence electrons. The Hall–Kier alpha value is -1.36. The lowest BCUT2D eigenvalue weighted by Gasteiger charge is -2.05. The summed E-state index contributed by atoms with van der Waals surface area (Å²) in [5.41, 5.74) is 2.10. The van der Waals surface area contributed by atoms with Gasteiger partial charge in [-0.15, -0.1) is 0 Å². The van der Waals surface area contributed by atoms with E-state index in [1.807, 2.05) is 6.92 Å². The fourth-order valence-electron chi connectivity index (χ4n) is 1.36. The summed E-state index contributed by atoms with van der Waals surface area (Å²) in [5.74, 6) is -0.217. The van der Waals surface area contributed by atoms with Crippen molar-refractivity contribution in [2.24, 2.45) is 0 Å². The van der Waals surface area contributed by atoms with Crippen LogP contribution in [0.5, 0.6) is 0 Å². The second-order valence-electron chi connectivity index (χ2n) is 2.92. The molecule has 0 fully saturated rings. The first-order valence-corrected chi connectivity index (χ1v) is 4.42. The van der Waals surface area contributed by atoms with Crippen molar-refractivity contribution in [1.29, 1.82) is 5.26 Å². The van der Waals surface area contributed by atoms with Gasteiger partial charge in [-0.1, -0.05) is 13.0 Å². The maximum absolute atomic E-state index is 12.8. The van der Waals surface area contributed by atoms with E-state index in [0.717, 1.165) is 17.5 Å². The van der Waals surface area contributed by atoms with Gasteiger partial charge in [0.25, 0.3) is 0 Å². The Bertz CT molecular complexity index is 325. The van der Waals surface area contributed by atoms with Crippen LogP contribution in [-0.2, 0) is 12.8 Å². The van der Waals surface area contributed by atoms with E-state index in [1.54, 1.807) is 6.07 Å². The molecule has 0 radical (unpaired) electrons. The second kappa shape index (κ2) is 4.61. The minimum Gasteiger partial charge on any atom is -0.207 e. The summed E-state index contributed by atoms with van der Waals surface area (Å²) in [7, 11) is 0. The summed E-state index contributed by atoms with van der Waals surface area (Å²) in [6.07, 6.45) is 1.99. The predicted molar refractivity (Wildman–Crippen MR) is 49.7 cm³/mol. The van der Waals surface area contributed by atoms with Crippen LogP contribution in [0.3, 0.4) is 0 Å². The maximum atomic E-state index is 12.8. The third-order valence-electron chi connectivity index (χ3n) is 2.06. The van der Waals surface area contributed by atoms with E-state index in [2.05, 4.69) is 6.07 Å². The molecule has 1 aromatic carbocycles. The molecule has 0 spiro atoms. The van der Waals surface area contributed by atoms with Crippen LogP contribution in [0.25, 0.3) is 0 Å². The Morgan fingerprint density at radius 2 is 2.15 bits per heavy atom. The van der Waals surface area contributed by atoms with Crippen molar-refractivity contribution in [3.8, 4) is 6.07 Å². The highest BCUT2D eigenvalue weighted by molar-refractivity contribution is 5.28. The zero-order chi connectivity index (χ0) is 9.68. The van der Waals surface area contributed by atoms with Crippen LogP contribution < -0.4 is 0 Å². The third-order valence-corrected chi connectivity index (χ3v) is 2.06. The van der Waals surface area contributed by atoms with Gasteiger partial charge < -0.3 is 0 Å². The zero-order valence-corrected chi connectivity index (χ0v) is 7.68. The van der Waals surface area contributed by atoms with Crippen molar-refractivity contribution < 1.29 is 4.39 Å². The maximum Gasteiger partial charge on any atom is 0.123 e. The molecule has 0 atom stereocenters. The molecule has 2 heteroatoms. The molecule has 0 aliphatic heterocycles. The molecule has 0 saturated heterocycles. The zero-order valence-electron chi connectivity index (χ0n) is 7.68. The van der Waals surface area contributed by atoms with Gasteiger partial charge in [0.15, 0.2) is 0 Å². The van der Waals surface area contributed by atoms with Crippen molar-refractivity contribution in [3.05, 3.63) is 35.1 Å². The van der Waals surface area contributed by atoms with Gasteiger partial charge in [-0.25, -0.2) is 4.39 Å². The minimum atomic E-state index is -0.217. The van der Waals surface area contributed by atoms with E-state index in [4.69, 9.17) is 5.26 Å². The molecule has 1 aromatic rings. The summed E-state index contributed by atoms with van der Waals surface area (Å²) in [4.78, 5) is 0.